The zero-order chi connectivity index (χ0) is 15.2. The van der Waals surface area contributed by atoms with Crippen molar-refractivity contribution in [3.8, 4) is 0 Å². The number of hydrogen-bond acceptors (Lipinski definition) is 2. The van der Waals surface area contributed by atoms with E-state index in [0.717, 1.165) is 5.56 Å². The molecule has 2 aromatic rings. The minimum atomic E-state index is -1.09. The SMILES string of the molecule is Cc1ccccc1NC(=O)NC[C@H](O)c1ccccc1F. The van der Waals surface area contributed by atoms with Crippen molar-refractivity contribution in [3.63, 3.8) is 0 Å². The smallest absolute Gasteiger partial charge is 0.319 e. The van der Waals surface area contributed by atoms with Crippen molar-refractivity contribution < 1.29 is 14.3 Å². The van der Waals surface area contributed by atoms with Gasteiger partial charge in [-0.15, -0.1) is 0 Å². The summed E-state index contributed by atoms with van der Waals surface area (Å²) in [6, 6.07) is 12.8. The van der Waals surface area contributed by atoms with E-state index in [9.17, 15) is 14.3 Å². The van der Waals surface area contributed by atoms with Crippen molar-refractivity contribution in [2.75, 3.05) is 11.9 Å². The number of carbonyl (C=O) groups is 1. The Morgan fingerprint density at radius 3 is 2.57 bits per heavy atom. The van der Waals surface area contributed by atoms with Gasteiger partial charge in [-0.25, -0.2) is 9.18 Å². The van der Waals surface area contributed by atoms with Crippen LogP contribution in [0.3, 0.4) is 0 Å². The Morgan fingerprint density at radius 2 is 1.86 bits per heavy atom. The van der Waals surface area contributed by atoms with E-state index in [1.807, 2.05) is 25.1 Å². The highest BCUT2D eigenvalue weighted by Gasteiger charge is 2.13. The van der Waals surface area contributed by atoms with Gasteiger partial charge in [0, 0.05) is 17.8 Å². The summed E-state index contributed by atoms with van der Waals surface area (Å²) < 4.78 is 13.5. The van der Waals surface area contributed by atoms with Crippen LogP contribution in [0.25, 0.3) is 0 Å². The normalized spacial score (nSPS) is 11.8. The molecule has 4 nitrogen and oxygen atoms in total. The predicted molar refractivity (Wildman–Crippen MR) is 79.6 cm³/mol. The van der Waals surface area contributed by atoms with E-state index in [1.165, 1.54) is 12.1 Å². The maximum absolute atomic E-state index is 13.5. The first kappa shape index (κ1) is 15.0. The van der Waals surface area contributed by atoms with Gasteiger partial charge < -0.3 is 15.7 Å². The van der Waals surface area contributed by atoms with Gasteiger partial charge >= 0.3 is 6.03 Å². The molecule has 110 valence electrons. The molecule has 0 saturated carbocycles. The summed E-state index contributed by atoms with van der Waals surface area (Å²) in [5, 5.41) is 15.1. The number of carbonyl (C=O) groups excluding carboxylic acids is 1. The van der Waals surface area contributed by atoms with Gasteiger partial charge in [-0.05, 0) is 24.6 Å². The van der Waals surface area contributed by atoms with E-state index in [-0.39, 0.29) is 12.1 Å². The van der Waals surface area contributed by atoms with E-state index in [2.05, 4.69) is 10.6 Å². The van der Waals surface area contributed by atoms with Crippen molar-refractivity contribution in [1.82, 2.24) is 5.32 Å². The van der Waals surface area contributed by atoms with Gasteiger partial charge in [-0.1, -0.05) is 36.4 Å². The van der Waals surface area contributed by atoms with Crippen molar-refractivity contribution in [1.29, 1.82) is 0 Å². The van der Waals surface area contributed by atoms with Crippen LogP contribution in [-0.2, 0) is 0 Å². The molecule has 3 N–H and O–H groups in total. The largest absolute Gasteiger partial charge is 0.386 e. The first-order valence-electron chi connectivity index (χ1n) is 6.61. The molecular formula is C16H17FN2O2. The van der Waals surface area contributed by atoms with Crippen molar-refractivity contribution in [3.05, 3.63) is 65.5 Å². The number of hydrogen-bond donors (Lipinski definition) is 3. The molecule has 0 bridgehead atoms. The number of benzene rings is 2. The molecule has 0 radical (unpaired) electrons. The molecule has 0 unspecified atom stereocenters. The summed E-state index contributed by atoms with van der Waals surface area (Å²) in [6.07, 6.45) is -1.09. The quantitative estimate of drug-likeness (QED) is 0.810. The van der Waals surface area contributed by atoms with Crippen LogP contribution >= 0.6 is 0 Å². The number of anilines is 1. The highest BCUT2D eigenvalue weighted by atomic mass is 19.1. The summed E-state index contributed by atoms with van der Waals surface area (Å²) in [4.78, 5) is 11.8. The van der Waals surface area contributed by atoms with Gasteiger partial charge in [0.1, 0.15) is 5.82 Å². The number of para-hydroxylation sites is 1. The molecule has 0 fully saturated rings. The summed E-state index contributed by atoms with van der Waals surface area (Å²) in [7, 11) is 0. The Bertz CT molecular complexity index is 631. The van der Waals surface area contributed by atoms with Gasteiger partial charge in [-0.3, -0.25) is 0 Å². The van der Waals surface area contributed by atoms with Gasteiger partial charge in [0.15, 0.2) is 0 Å². The molecule has 0 aliphatic rings. The van der Waals surface area contributed by atoms with Crippen LogP contribution < -0.4 is 10.6 Å². The van der Waals surface area contributed by atoms with Gasteiger partial charge in [0.25, 0.3) is 0 Å². The molecule has 0 heterocycles. The van der Waals surface area contributed by atoms with E-state index < -0.39 is 18.0 Å². The first-order valence-corrected chi connectivity index (χ1v) is 6.61. The van der Waals surface area contributed by atoms with Gasteiger partial charge in [-0.2, -0.15) is 0 Å². The lowest BCUT2D eigenvalue weighted by Crippen LogP contribution is -2.32. The number of amides is 2. The Morgan fingerprint density at radius 1 is 1.19 bits per heavy atom. The van der Waals surface area contributed by atoms with E-state index in [0.29, 0.717) is 5.69 Å². The van der Waals surface area contributed by atoms with E-state index in [4.69, 9.17) is 0 Å². The van der Waals surface area contributed by atoms with Gasteiger partial charge in [0.05, 0.1) is 6.10 Å². The van der Waals surface area contributed by atoms with Crippen LogP contribution in [0.2, 0.25) is 0 Å². The molecule has 2 rings (SSSR count). The lowest BCUT2D eigenvalue weighted by Gasteiger charge is -2.14. The molecule has 0 saturated heterocycles. The molecule has 0 aromatic heterocycles. The van der Waals surface area contributed by atoms with Crippen molar-refractivity contribution in [2.45, 2.75) is 13.0 Å². The molecule has 0 aliphatic carbocycles. The summed E-state index contributed by atoms with van der Waals surface area (Å²) in [6.45, 7) is 1.81. The van der Waals surface area contributed by atoms with Crippen LogP contribution in [0.15, 0.2) is 48.5 Å². The topological polar surface area (TPSA) is 61.4 Å². The van der Waals surface area contributed by atoms with E-state index >= 15 is 0 Å². The third kappa shape index (κ3) is 4.03. The fourth-order valence-electron chi connectivity index (χ4n) is 1.92. The average molecular weight is 288 g/mol. The zero-order valence-electron chi connectivity index (χ0n) is 11.6. The number of aryl methyl sites for hydroxylation is 1. The molecule has 0 spiro atoms. The third-order valence-electron chi connectivity index (χ3n) is 3.11. The molecular weight excluding hydrogens is 271 g/mol. The highest BCUT2D eigenvalue weighted by molar-refractivity contribution is 5.90. The second-order valence-corrected chi connectivity index (χ2v) is 4.69. The maximum Gasteiger partial charge on any atom is 0.319 e. The Labute approximate surface area is 122 Å². The predicted octanol–water partition coefficient (Wildman–Crippen LogP) is 2.99. The minimum absolute atomic E-state index is 0.0708. The molecule has 1 atom stereocenters. The van der Waals surface area contributed by atoms with Gasteiger partial charge in [0.2, 0.25) is 0 Å². The van der Waals surface area contributed by atoms with Crippen LogP contribution in [-0.4, -0.2) is 17.7 Å². The number of halogens is 1. The summed E-state index contributed by atoms with van der Waals surface area (Å²) in [5.41, 5.74) is 1.78. The number of aliphatic hydroxyl groups excluding tert-OH is 1. The fourth-order valence-corrected chi connectivity index (χ4v) is 1.92. The molecule has 2 amide bonds. The van der Waals surface area contributed by atoms with Crippen LogP contribution in [0, 0.1) is 12.7 Å². The Balaban J connectivity index is 1.90. The monoisotopic (exact) mass is 288 g/mol. The van der Waals surface area contributed by atoms with Crippen molar-refractivity contribution >= 4 is 11.7 Å². The van der Waals surface area contributed by atoms with Crippen LogP contribution in [0.4, 0.5) is 14.9 Å². The van der Waals surface area contributed by atoms with Crippen LogP contribution in [0.5, 0.6) is 0 Å². The lowest BCUT2D eigenvalue weighted by atomic mass is 10.1. The highest BCUT2D eigenvalue weighted by Crippen LogP contribution is 2.16. The Hall–Kier alpha value is -2.40. The maximum atomic E-state index is 13.5. The lowest BCUT2D eigenvalue weighted by molar-refractivity contribution is 0.170. The Kier molecular flexibility index (Phi) is 4.90. The van der Waals surface area contributed by atoms with E-state index in [1.54, 1.807) is 18.2 Å². The minimum Gasteiger partial charge on any atom is -0.386 e. The van der Waals surface area contributed by atoms with Crippen LogP contribution in [0.1, 0.15) is 17.2 Å². The molecule has 21 heavy (non-hydrogen) atoms. The first-order chi connectivity index (χ1) is 10.1. The average Bonchev–Trinajstić information content (AvgIpc) is 2.48. The standard InChI is InChI=1S/C16H17FN2O2/c1-11-6-2-5-9-14(11)19-16(21)18-10-15(20)12-7-3-4-8-13(12)17/h2-9,15,20H,10H2,1H3,(H2,18,19,21)/t15-/m0/s1. The second kappa shape index (κ2) is 6.85. The third-order valence-corrected chi connectivity index (χ3v) is 3.11. The molecule has 0 aliphatic heterocycles. The number of rotatable bonds is 4. The number of nitrogens with one attached hydrogen (secondary N) is 2. The zero-order valence-corrected chi connectivity index (χ0v) is 11.6. The second-order valence-electron chi connectivity index (χ2n) is 4.69. The van der Waals surface area contributed by atoms with Crippen molar-refractivity contribution in [2.24, 2.45) is 0 Å². The number of urea groups is 1. The summed E-state index contributed by atoms with van der Waals surface area (Å²) in [5.74, 6) is -0.494. The molecule has 5 heteroatoms. The summed E-state index contributed by atoms with van der Waals surface area (Å²) >= 11 is 0. The molecule has 2 aromatic carbocycles. The fraction of sp³-hybridized carbons (Fsp3) is 0.188. The number of aliphatic hydroxyl groups is 1.